The fraction of sp³-hybridized carbons (Fsp3) is 0.750. The van der Waals surface area contributed by atoms with E-state index in [1.165, 1.54) is 0 Å². The molecule has 2 aliphatic rings. The number of aliphatic hydroxyl groups is 1. The smallest absolute Gasteiger partial charge is 0.309 e. The van der Waals surface area contributed by atoms with Crippen molar-refractivity contribution in [3.05, 3.63) is 12.2 Å². The molecule has 0 aromatic heterocycles. The lowest BCUT2D eigenvalue weighted by atomic mass is 9.93. The van der Waals surface area contributed by atoms with Crippen LogP contribution in [0.1, 0.15) is 20.3 Å². The van der Waals surface area contributed by atoms with Crippen LogP contribution in [0.3, 0.4) is 0 Å². The molecule has 0 saturated heterocycles. The zero-order valence-electron chi connectivity index (χ0n) is 9.22. The van der Waals surface area contributed by atoms with Gasteiger partial charge in [0.05, 0.1) is 18.6 Å². The normalized spacial score (nSPS) is 37.6. The standard InChI is InChI=1S/C12H18O3/c1-7(2)6-15-12(14)10-5-8-3-4-9(10)11(8)13/h3-4,7-11,13H,5-6H2,1-2H3. The summed E-state index contributed by atoms with van der Waals surface area (Å²) >= 11 is 0. The number of rotatable bonds is 3. The monoisotopic (exact) mass is 210 g/mol. The first-order valence-corrected chi connectivity index (χ1v) is 5.62. The van der Waals surface area contributed by atoms with E-state index in [0.29, 0.717) is 12.5 Å². The Hall–Kier alpha value is -0.830. The Bertz CT molecular complexity index is 283. The first-order chi connectivity index (χ1) is 7.09. The molecule has 2 aliphatic carbocycles. The first kappa shape index (κ1) is 10.7. The van der Waals surface area contributed by atoms with E-state index in [1.54, 1.807) is 0 Å². The molecule has 3 heteroatoms. The van der Waals surface area contributed by atoms with E-state index in [1.807, 2.05) is 26.0 Å². The van der Waals surface area contributed by atoms with Gasteiger partial charge in [0.2, 0.25) is 0 Å². The molecule has 1 fully saturated rings. The zero-order chi connectivity index (χ0) is 11.0. The predicted octanol–water partition coefficient (Wildman–Crippen LogP) is 1.37. The maximum absolute atomic E-state index is 11.7. The van der Waals surface area contributed by atoms with Crippen LogP contribution in [-0.2, 0) is 9.53 Å². The van der Waals surface area contributed by atoms with Crippen molar-refractivity contribution in [3.63, 3.8) is 0 Å². The minimum absolute atomic E-state index is 0.00494. The first-order valence-electron chi connectivity index (χ1n) is 5.62. The summed E-state index contributed by atoms with van der Waals surface area (Å²) in [5.74, 6) is 0.280. The Morgan fingerprint density at radius 1 is 1.53 bits per heavy atom. The third-order valence-corrected chi connectivity index (χ3v) is 3.27. The fourth-order valence-electron chi connectivity index (χ4n) is 2.43. The number of fused-ring (bicyclic) bond motifs is 2. The summed E-state index contributed by atoms with van der Waals surface area (Å²) in [4.78, 5) is 11.7. The molecular weight excluding hydrogens is 192 g/mol. The Balaban J connectivity index is 1.90. The van der Waals surface area contributed by atoms with Crippen LogP contribution in [0.15, 0.2) is 12.2 Å². The molecule has 1 saturated carbocycles. The lowest BCUT2D eigenvalue weighted by Crippen LogP contribution is -2.25. The highest BCUT2D eigenvalue weighted by Crippen LogP contribution is 2.44. The summed E-state index contributed by atoms with van der Waals surface area (Å²) < 4.78 is 5.20. The van der Waals surface area contributed by atoms with Crippen LogP contribution in [-0.4, -0.2) is 23.8 Å². The highest BCUT2D eigenvalue weighted by molar-refractivity contribution is 5.74. The second kappa shape index (κ2) is 3.97. The largest absolute Gasteiger partial charge is 0.465 e. The second-order valence-corrected chi connectivity index (χ2v) is 4.98. The van der Waals surface area contributed by atoms with Crippen LogP contribution in [0.25, 0.3) is 0 Å². The van der Waals surface area contributed by atoms with Crippen molar-refractivity contribution in [1.29, 1.82) is 0 Å². The fourth-order valence-corrected chi connectivity index (χ4v) is 2.43. The van der Waals surface area contributed by atoms with Gasteiger partial charge in [0.15, 0.2) is 0 Å². The van der Waals surface area contributed by atoms with E-state index in [9.17, 15) is 9.90 Å². The molecule has 84 valence electrons. The van der Waals surface area contributed by atoms with Gasteiger partial charge in [-0.1, -0.05) is 26.0 Å². The average Bonchev–Trinajstić information content (AvgIpc) is 2.71. The van der Waals surface area contributed by atoms with Gasteiger partial charge in [-0.2, -0.15) is 0 Å². The molecule has 0 aromatic rings. The van der Waals surface area contributed by atoms with Gasteiger partial charge >= 0.3 is 5.97 Å². The summed E-state index contributed by atoms with van der Waals surface area (Å²) in [5, 5.41) is 9.76. The molecule has 4 unspecified atom stereocenters. The van der Waals surface area contributed by atoms with E-state index < -0.39 is 0 Å². The molecule has 0 aliphatic heterocycles. The van der Waals surface area contributed by atoms with Gasteiger partial charge in [0.1, 0.15) is 0 Å². The van der Waals surface area contributed by atoms with Crippen LogP contribution in [0.4, 0.5) is 0 Å². The highest BCUT2D eigenvalue weighted by atomic mass is 16.5. The van der Waals surface area contributed by atoms with E-state index in [-0.39, 0.29) is 29.8 Å². The Kier molecular flexibility index (Phi) is 2.83. The third-order valence-electron chi connectivity index (χ3n) is 3.27. The minimum atomic E-state index is -0.360. The maximum atomic E-state index is 11.7. The summed E-state index contributed by atoms with van der Waals surface area (Å²) in [6.45, 7) is 4.51. The van der Waals surface area contributed by atoms with Crippen LogP contribution in [0, 0.1) is 23.7 Å². The molecule has 2 rings (SSSR count). The molecule has 0 aromatic carbocycles. The van der Waals surface area contributed by atoms with Gasteiger partial charge in [0.25, 0.3) is 0 Å². The molecule has 0 spiro atoms. The minimum Gasteiger partial charge on any atom is -0.465 e. The number of aliphatic hydroxyl groups excluding tert-OH is 1. The molecule has 15 heavy (non-hydrogen) atoms. The number of carbonyl (C=O) groups excluding carboxylic acids is 1. The van der Waals surface area contributed by atoms with E-state index in [4.69, 9.17) is 4.74 Å². The highest BCUT2D eigenvalue weighted by Gasteiger charge is 2.47. The van der Waals surface area contributed by atoms with Gasteiger partial charge in [0, 0.05) is 11.8 Å². The van der Waals surface area contributed by atoms with E-state index in [0.717, 1.165) is 6.42 Å². The molecule has 2 bridgehead atoms. The Labute approximate surface area is 90.1 Å². The van der Waals surface area contributed by atoms with Gasteiger partial charge in [-0.15, -0.1) is 0 Å². The molecule has 0 heterocycles. The SMILES string of the molecule is CC(C)COC(=O)C1CC2C=CC1C2O. The molecule has 1 N–H and O–H groups in total. The van der Waals surface area contributed by atoms with Crippen molar-refractivity contribution in [1.82, 2.24) is 0 Å². The molecular formula is C12H18O3. The van der Waals surface area contributed by atoms with Crippen molar-refractivity contribution in [2.45, 2.75) is 26.4 Å². The van der Waals surface area contributed by atoms with Gasteiger partial charge in [-0.25, -0.2) is 0 Å². The van der Waals surface area contributed by atoms with Crippen LogP contribution in [0.2, 0.25) is 0 Å². The van der Waals surface area contributed by atoms with Crippen molar-refractivity contribution >= 4 is 5.97 Å². The topological polar surface area (TPSA) is 46.5 Å². The Morgan fingerprint density at radius 2 is 2.27 bits per heavy atom. The second-order valence-electron chi connectivity index (χ2n) is 4.98. The van der Waals surface area contributed by atoms with Gasteiger partial charge in [-0.3, -0.25) is 4.79 Å². The third kappa shape index (κ3) is 1.93. The molecule has 0 amide bonds. The van der Waals surface area contributed by atoms with Crippen molar-refractivity contribution in [3.8, 4) is 0 Å². The van der Waals surface area contributed by atoms with Crippen LogP contribution < -0.4 is 0 Å². The van der Waals surface area contributed by atoms with Crippen molar-refractivity contribution in [2.24, 2.45) is 23.7 Å². The molecule has 3 nitrogen and oxygen atoms in total. The molecule has 4 atom stereocenters. The maximum Gasteiger partial charge on any atom is 0.309 e. The lowest BCUT2D eigenvalue weighted by Gasteiger charge is -2.17. The zero-order valence-corrected chi connectivity index (χ0v) is 9.22. The summed E-state index contributed by atoms with van der Waals surface area (Å²) in [6.07, 6.45) is 4.36. The van der Waals surface area contributed by atoms with Crippen LogP contribution >= 0.6 is 0 Å². The van der Waals surface area contributed by atoms with E-state index >= 15 is 0 Å². The number of hydrogen-bond donors (Lipinski definition) is 1. The summed E-state index contributed by atoms with van der Waals surface area (Å²) in [5.41, 5.74) is 0. The van der Waals surface area contributed by atoms with Crippen molar-refractivity contribution in [2.75, 3.05) is 6.61 Å². The van der Waals surface area contributed by atoms with Crippen molar-refractivity contribution < 1.29 is 14.6 Å². The van der Waals surface area contributed by atoms with E-state index in [2.05, 4.69) is 0 Å². The summed E-state index contributed by atoms with van der Waals surface area (Å²) in [7, 11) is 0. The summed E-state index contributed by atoms with van der Waals surface area (Å²) in [6, 6.07) is 0. The number of esters is 1. The lowest BCUT2D eigenvalue weighted by molar-refractivity contribution is -0.150. The van der Waals surface area contributed by atoms with Gasteiger partial charge < -0.3 is 9.84 Å². The van der Waals surface area contributed by atoms with Gasteiger partial charge in [-0.05, 0) is 12.3 Å². The average molecular weight is 210 g/mol. The number of carbonyl (C=O) groups is 1. The quantitative estimate of drug-likeness (QED) is 0.565. The Morgan fingerprint density at radius 3 is 2.73 bits per heavy atom. The van der Waals surface area contributed by atoms with Crippen LogP contribution in [0.5, 0.6) is 0 Å². The molecule has 0 radical (unpaired) electrons. The predicted molar refractivity (Wildman–Crippen MR) is 56.0 cm³/mol. The number of ether oxygens (including phenoxy) is 1. The number of hydrogen-bond acceptors (Lipinski definition) is 3.